The highest BCUT2D eigenvalue weighted by Crippen LogP contribution is 2.26. The van der Waals surface area contributed by atoms with Gasteiger partial charge in [0.25, 0.3) is 0 Å². The minimum Gasteiger partial charge on any atom is -0.465 e. The van der Waals surface area contributed by atoms with Crippen LogP contribution in [0, 0.1) is 11.8 Å². The molecule has 16 heavy (non-hydrogen) atoms. The number of hydrogen-bond acceptors (Lipinski definition) is 3. The molecule has 0 amide bonds. The molecule has 2 fully saturated rings. The van der Waals surface area contributed by atoms with Crippen LogP contribution in [0.4, 0.5) is 0 Å². The van der Waals surface area contributed by atoms with Gasteiger partial charge in [-0.1, -0.05) is 12.8 Å². The molecule has 0 radical (unpaired) electrons. The largest absolute Gasteiger partial charge is 0.465 e. The molecule has 0 spiro atoms. The normalized spacial score (nSPS) is 22.8. The number of hydrogen-bond donors (Lipinski definition) is 1. The number of nitrogens with one attached hydrogen (secondary N) is 1. The SMILES string of the molecule is Cl.O=C(OCC1CCNCC1)C1CCCC1. The summed E-state index contributed by atoms with van der Waals surface area (Å²) in [7, 11) is 0. The van der Waals surface area contributed by atoms with Gasteiger partial charge in [0.1, 0.15) is 0 Å². The molecule has 1 N–H and O–H groups in total. The summed E-state index contributed by atoms with van der Waals surface area (Å²) in [6, 6.07) is 0. The van der Waals surface area contributed by atoms with Crippen molar-refractivity contribution < 1.29 is 9.53 Å². The maximum absolute atomic E-state index is 11.7. The summed E-state index contributed by atoms with van der Waals surface area (Å²) in [6.45, 7) is 2.80. The lowest BCUT2D eigenvalue weighted by molar-refractivity contribution is -0.150. The summed E-state index contributed by atoms with van der Waals surface area (Å²) < 4.78 is 5.40. The molecular formula is C12H22ClNO2. The molecule has 0 atom stereocenters. The van der Waals surface area contributed by atoms with E-state index in [0.717, 1.165) is 38.8 Å². The Balaban J connectivity index is 0.00000128. The van der Waals surface area contributed by atoms with Gasteiger partial charge in [-0.05, 0) is 44.7 Å². The second-order valence-electron chi connectivity index (χ2n) is 4.80. The van der Waals surface area contributed by atoms with Gasteiger partial charge in [0, 0.05) is 0 Å². The topological polar surface area (TPSA) is 38.3 Å². The zero-order valence-electron chi connectivity index (χ0n) is 9.74. The third-order valence-corrected chi connectivity index (χ3v) is 3.61. The van der Waals surface area contributed by atoms with Crippen LogP contribution in [-0.4, -0.2) is 25.7 Å². The summed E-state index contributed by atoms with van der Waals surface area (Å²) >= 11 is 0. The summed E-state index contributed by atoms with van der Waals surface area (Å²) in [4.78, 5) is 11.7. The van der Waals surface area contributed by atoms with Crippen molar-refractivity contribution in [2.24, 2.45) is 11.8 Å². The molecule has 1 heterocycles. The number of piperidine rings is 1. The number of rotatable bonds is 3. The van der Waals surface area contributed by atoms with Crippen molar-refractivity contribution in [2.45, 2.75) is 38.5 Å². The van der Waals surface area contributed by atoms with E-state index in [9.17, 15) is 4.79 Å². The first-order valence-corrected chi connectivity index (χ1v) is 6.23. The third kappa shape index (κ3) is 3.95. The first kappa shape index (κ1) is 13.8. The molecular weight excluding hydrogens is 226 g/mol. The van der Waals surface area contributed by atoms with Crippen molar-refractivity contribution in [1.29, 1.82) is 0 Å². The lowest BCUT2D eigenvalue weighted by atomic mass is 9.99. The Hall–Kier alpha value is -0.280. The van der Waals surface area contributed by atoms with Gasteiger partial charge in [0.15, 0.2) is 0 Å². The number of esters is 1. The van der Waals surface area contributed by atoms with Gasteiger partial charge in [-0.2, -0.15) is 0 Å². The fourth-order valence-electron chi connectivity index (χ4n) is 2.53. The van der Waals surface area contributed by atoms with E-state index >= 15 is 0 Å². The Labute approximate surface area is 104 Å². The standard InChI is InChI=1S/C12H21NO2.ClH/c14-12(11-3-1-2-4-11)15-9-10-5-7-13-8-6-10;/h10-11,13H,1-9H2;1H. The Morgan fingerprint density at radius 1 is 1.12 bits per heavy atom. The Bertz CT molecular complexity index is 211. The second-order valence-corrected chi connectivity index (χ2v) is 4.80. The highest BCUT2D eigenvalue weighted by atomic mass is 35.5. The minimum absolute atomic E-state index is 0. The molecule has 0 bridgehead atoms. The average Bonchev–Trinajstić information content (AvgIpc) is 2.81. The number of carbonyl (C=O) groups excluding carboxylic acids is 1. The predicted octanol–water partition coefficient (Wildman–Crippen LogP) is 2.14. The molecule has 1 aliphatic carbocycles. The smallest absolute Gasteiger partial charge is 0.308 e. The van der Waals surface area contributed by atoms with Gasteiger partial charge in [0.2, 0.25) is 0 Å². The van der Waals surface area contributed by atoms with Gasteiger partial charge >= 0.3 is 5.97 Å². The predicted molar refractivity (Wildman–Crippen MR) is 65.8 cm³/mol. The number of ether oxygens (including phenoxy) is 1. The quantitative estimate of drug-likeness (QED) is 0.777. The molecule has 1 saturated heterocycles. The number of halogens is 1. The highest BCUT2D eigenvalue weighted by Gasteiger charge is 2.25. The summed E-state index contributed by atoms with van der Waals surface area (Å²) in [5.41, 5.74) is 0. The van der Waals surface area contributed by atoms with E-state index < -0.39 is 0 Å². The van der Waals surface area contributed by atoms with Crippen LogP contribution in [0.5, 0.6) is 0 Å². The van der Waals surface area contributed by atoms with Crippen LogP contribution in [0.1, 0.15) is 38.5 Å². The van der Waals surface area contributed by atoms with E-state index in [1.54, 1.807) is 0 Å². The van der Waals surface area contributed by atoms with Crippen molar-refractivity contribution in [3.05, 3.63) is 0 Å². The molecule has 1 saturated carbocycles. The van der Waals surface area contributed by atoms with Crippen LogP contribution in [-0.2, 0) is 9.53 Å². The zero-order valence-corrected chi connectivity index (χ0v) is 10.6. The van der Waals surface area contributed by atoms with Crippen molar-refractivity contribution in [3.8, 4) is 0 Å². The molecule has 2 aliphatic rings. The minimum atomic E-state index is 0. The van der Waals surface area contributed by atoms with Crippen LogP contribution >= 0.6 is 12.4 Å². The molecule has 0 aromatic rings. The molecule has 0 unspecified atom stereocenters. The fourth-order valence-corrected chi connectivity index (χ4v) is 2.53. The van der Waals surface area contributed by atoms with Gasteiger partial charge in [-0.15, -0.1) is 12.4 Å². The highest BCUT2D eigenvalue weighted by molar-refractivity contribution is 5.85. The second kappa shape index (κ2) is 7.13. The van der Waals surface area contributed by atoms with Crippen molar-refractivity contribution in [1.82, 2.24) is 5.32 Å². The zero-order chi connectivity index (χ0) is 10.5. The monoisotopic (exact) mass is 247 g/mol. The van der Waals surface area contributed by atoms with Gasteiger partial charge in [-0.25, -0.2) is 0 Å². The van der Waals surface area contributed by atoms with E-state index in [2.05, 4.69) is 5.32 Å². The van der Waals surface area contributed by atoms with Crippen molar-refractivity contribution in [3.63, 3.8) is 0 Å². The summed E-state index contributed by atoms with van der Waals surface area (Å²) in [5.74, 6) is 0.870. The summed E-state index contributed by atoms with van der Waals surface area (Å²) in [6.07, 6.45) is 6.80. The molecule has 4 heteroatoms. The van der Waals surface area contributed by atoms with Crippen LogP contribution in [0.3, 0.4) is 0 Å². The lowest BCUT2D eigenvalue weighted by Gasteiger charge is -2.22. The first-order chi connectivity index (χ1) is 7.36. The van der Waals surface area contributed by atoms with Gasteiger partial charge in [0.05, 0.1) is 12.5 Å². The van der Waals surface area contributed by atoms with E-state index in [-0.39, 0.29) is 24.3 Å². The van der Waals surface area contributed by atoms with Crippen LogP contribution in [0.25, 0.3) is 0 Å². The molecule has 94 valence electrons. The number of carbonyl (C=O) groups is 1. The van der Waals surface area contributed by atoms with Crippen LogP contribution in [0.15, 0.2) is 0 Å². The maximum atomic E-state index is 11.7. The molecule has 3 nitrogen and oxygen atoms in total. The average molecular weight is 248 g/mol. The fraction of sp³-hybridized carbons (Fsp3) is 0.917. The third-order valence-electron chi connectivity index (χ3n) is 3.61. The van der Waals surface area contributed by atoms with E-state index in [1.165, 1.54) is 12.8 Å². The Morgan fingerprint density at radius 3 is 2.38 bits per heavy atom. The summed E-state index contributed by atoms with van der Waals surface area (Å²) in [5, 5.41) is 3.32. The van der Waals surface area contributed by atoms with E-state index in [4.69, 9.17) is 4.74 Å². The first-order valence-electron chi connectivity index (χ1n) is 6.23. The molecule has 0 aromatic carbocycles. The van der Waals surface area contributed by atoms with Crippen molar-refractivity contribution >= 4 is 18.4 Å². The molecule has 0 aromatic heterocycles. The lowest BCUT2D eigenvalue weighted by Crippen LogP contribution is -2.31. The molecule has 2 rings (SSSR count). The van der Waals surface area contributed by atoms with Gasteiger partial charge < -0.3 is 10.1 Å². The van der Waals surface area contributed by atoms with Crippen molar-refractivity contribution in [2.75, 3.05) is 19.7 Å². The van der Waals surface area contributed by atoms with E-state index in [0.29, 0.717) is 12.5 Å². The Morgan fingerprint density at radius 2 is 1.75 bits per heavy atom. The van der Waals surface area contributed by atoms with Gasteiger partial charge in [-0.3, -0.25) is 4.79 Å². The van der Waals surface area contributed by atoms with Crippen LogP contribution < -0.4 is 5.32 Å². The van der Waals surface area contributed by atoms with E-state index in [1.807, 2.05) is 0 Å². The van der Waals surface area contributed by atoms with Crippen LogP contribution in [0.2, 0.25) is 0 Å². The Kier molecular flexibility index (Phi) is 6.14. The molecule has 1 aliphatic heterocycles. The maximum Gasteiger partial charge on any atom is 0.308 e.